The number of nitrogens with one attached hydrogen (secondary N) is 1. The van der Waals surface area contributed by atoms with Crippen molar-refractivity contribution in [1.29, 1.82) is 0 Å². The molecule has 2 N–H and O–H groups in total. The number of benzene rings is 3. The summed E-state index contributed by atoms with van der Waals surface area (Å²) in [6.07, 6.45) is -1.13. The second kappa shape index (κ2) is 10.9. The molecule has 0 radical (unpaired) electrons. The van der Waals surface area contributed by atoms with Crippen molar-refractivity contribution in [2.24, 2.45) is 0 Å². The molecule has 6 heteroatoms. The summed E-state index contributed by atoms with van der Waals surface area (Å²) in [5.41, 5.74) is 2.04. The quantitative estimate of drug-likeness (QED) is 0.519. The highest BCUT2D eigenvalue weighted by Crippen LogP contribution is 2.20. The second-order valence-corrected chi connectivity index (χ2v) is 7.06. The van der Waals surface area contributed by atoms with Crippen LogP contribution in [0.4, 0.5) is 0 Å². The lowest BCUT2D eigenvalue weighted by Crippen LogP contribution is -2.48. The molecule has 0 unspecified atom stereocenters. The van der Waals surface area contributed by atoms with Crippen molar-refractivity contribution in [1.82, 2.24) is 5.32 Å². The van der Waals surface area contributed by atoms with Crippen molar-refractivity contribution in [2.45, 2.75) is 32.3 Å². The van der Waals surface area contributed by atoms with E-state index in [1.165, 1.54) is 6.92 Å². The fraction of sp³-hybridized carbons (Fsp3) is 0.200. The first kappa shape index (κ1) is 22.1. The van der Waals surface area contributed by atoms with E-state index < -0.39 is 24.0 Å². The molecular formula is C25H25NO5. The minimum Gasteiger partial charge on any atom is -0.488 e. The van der Waals surface area contributed by atoms with Crippen molar-refractivity contribution < 1.29 is 24.2 Å². The van der Waals surface area contributed by atoms with Gasteiger partial charge in [-0.2, -0.15) is 0 Å². The number of carbonyl (C=O) groups is 2. The average molecular weight is 419 g/mol. The van der Waals surface area contributed by atoms with Gasteiger partial charge in [-0.15, -0.1) is 0 Å². The Balaban J connectivity index is 1.65. The van der Waals surface area contributed by atoms with Gasteiger partial charge in [0.2, 0.25) is 0 Å². The van der Waals surface area contributed by atoms with Gasteiger partial charge in [-0.25, -0.2) is 4.79 Å². The van der Waals surface area contributed by atoms with Crippen molar-refractivity contribution in [3.8, 4) is 5.75 Å². The molecule has 0 fully saturated rings. The number of hydrogen-bond acceptors (Lipinski definition) is 5. The van der Waals surface area contributed by atoms with E-state index in [9.17, 15) is 14.7 Å². The summed E-state index contributed by atoms with van der Waals surface area (Å²) in [7, 11) is 0. The van der Waals surface area contributed by atoms with Crippen LogP contribution in [-0.2, 0) is 22.7 Å². The van der Waals surface area contributed by atoms with Gasteiger partial charge >= 0.3 is 5.97 Å². The lowest BCUT2D eigenvalue weighted by molar-refractivity contribution is -0.150. The Hall–Kier alpha value is -3.64. The van der Waals surface area contributed by atoms with E-state index >= 15 is 0 Å². The molecule has 0 saturated carbocycles. The monoisotopic (exact) mass is 419 g/mol. The van der Waals surface area contributed by atoms with Crippen molar-refractivity contribution in [3.05, 3.63) is 102 Å². The number of carbonyl (C=O) groups excluding carboxylic acids is 2. The molecule has 3 rings (SSSR count). The molecule has 31 heavy (non-hydrogen) atoms. The van der Waals surface area contributed by atoms with E-state index in [1.54, 1.807) is 24.3 Å². The molecule has 0 heterocycles. The van der Waals surface area contributed by atoms with Crippen LogP contribution in [0.25, 0.3) is 0 Å². The summed E-state index contributed by atoms with van der Waals surface area (Å²) in [5, 5.41) is 12.6. The summed E-state index contributed by atoms with van der Waals surface area (Å²) in [6, 6.07) is 24.3. The molecular weight excluding hydrogens is 394 g/mol. The average Bonchev–Trinajstić information content (AvgIpc) is 2.81. The van der Waals surface area contributed by atoms with Crippen LogP contribution in [0.15, 0.2) is 84.9 Å². The van der Waals surface area contributed by atoms with Crippen LogP contribution >= 0.6 is 0 Å². The van der Waals surface area contributed by atoms with Gasteiger partial charge in [-0.3, -0.25) is 4.79 Å². The Kier molecular flexibility index (Phi) is 7.79. The van der Waals surface area contributed by atoms with Crippen LogP contribution in [0.5, 0.6) is 5.75 Å². The number of aliphatic hydroxyl groups is 1. The van der Waals surface area contributed by atoms with Crippen LogP contribution in [0, 0.1) is 0 Å². The van der Waals surface area contributed by atoms with E-state index in [4.69, 9.17) is 9.47 Å². The first-order chi connectivity index (χ1) is 15.0. The maximum absolute atomic E-state index is 12.9. The molecule has 3 aromatic rings. The van der Waals surface area contributed by atoms with Gasteiger partial charge in [0.05, 0.1) is 11.7 Å². The number of aliphatic hydroxyl groups excluding tert-OH is 1. The van der Waals surface area contributed by atoms with E-state index in [1.807, 2.05) is 60.7 Å². The summed E-state index contributed by atoms with van der Waals surface area (Å²) in [5.74, 6) is -0.869. The predicted octanol–water partition coefficient (Wildman–Crippen LogP) is 3.49. The van der Waals surface area contributed by atoms with Gasteiger partial charge < -0.3 is 19.9 Å². The summed E-state index contributed by atoms with van der Waals surface area (Å²) in [4.78, 5) is 25.4. The molecule has 0 aliphatic rings. The normalized spacial score (nSPS) is 12.5. The number of esters is 1. The number of para-hydroxylation sites is 1. The van der Waals surface area contributed by atoms with Gasteiger partial charge in [0.25, 0.3) is 5.91 Å². The smallest absolute Gasteiger partial charge is 0.331 e. The molecule has 1 amide bonds. The lowest BCUT2D eigenvalue weighted by Gasteiger charge is -2.21. The summed E-state index contributed by atoms with van der Waals surface area (Å²) >= 11 is 0. The molecule has 160 valence electrons. The van der Waals surface area contributed by atoms with Crippen LogP contribution in [0.3, 0.4) is 0 Å². The highest BCUT2D eigenvalue weighted by molar-refractivity contribution is 5.99. The fourth-order valence-corrected chi connectivity index (χ4v) is 2.93. The predicted molar refractivity (Wildman–Crippen MR) is 116 cm³/mol. The van der Waals surface area contributed by atoms with E-state index in [-0.39, 0.29) is 12.2 Å². The Morgan fingerprint density at radius 1 is 0.839 bits per heavy atom. The highest BCUT2D eigenvalue weighted by atomic mass is 16.5. The zero-order valence-corrected chi connectivity index (χ0v) is 17.2. The van der Waals surface area contributed by atoms with Crippen LogP contribution < -0.4 is 10.1 Å². The summed E-state index contributed by atoms with van der Waals surface area (Å²) < 4.78 is 11.1. The minimum absolute atomic E-state index is 0.0511. The minimum atomic E-state index is -1.21. The van der Waals surface area contributed by atoms with E-state index in [2.05, 4.69) is 5.32 Å². The Morgan fingerprint density at radius 2 is 1.39 bits per heavy atom. The number of hydrogen-bond donors (Lipinski definition) is 2. The van der Waals surface area contributed by atoms with Crippen LogP contribution in [0.2, 0.25) is 0 Å². The van der Waals surface area contributed by atoms with E-state index in [0.717, 1.165) is 11.1 Å². The Bertz CT molecular complexity index is 989. The van der Waals surface area contributed by atoms with E-state index in [0.29, 0.717) is 12.4 Å². The molecule has 0 spiro atoms. The van der Waals surface area contributed by atoms with Crippen molar-refractivity contribution >= 4 is 11.9 Å². The first-order valence-corrected chi connectivity index (χ1v) is 10.00. The van der Waals surface area contributed by atoms with Crippen molar-refractivity contribution in [3.63, 3.8) is 0 Å². The standard InChI is InChI=1S/C25H25NO5/c1-18(27)23(25(29)31-17-20-12-6-3-7-13-20)26-24(28)21-14-8-9-15-22(21)30-16-19-10-4-2-5-11-19/h2-15,18,23,27H,16-17H2,1H3,(H,26,28)/t18-,23+/m1/s1. The van der Waals surface area contributed by atoms with Gasteiger partial charge in [-0.05, 0) is 30.2 Å². The number of rotatable bonds is 9. The van der Waals surface area contributed by atoms with Gasteiger partial charge in [0.15, 0.2) is 6.04 Å². The lowest BCUT2D eigenvalue weighted by atomic mass is 10.1. The molecule has 0 bridgehead atoms. The Labute approximate surface area is 181 Å². The third kappa shape index (κ3) is 6.42. The topological polar surface area (TPSA) is 84.9 Å². The molecule has 3 aromatic carbocycles. The molecule has 0 saturated heterocycles. The second-order valence-electron chi connectivity index (χ2n) is 7.06. The van der Waals surface area contributed by atoms with Crippen molar-refractivity contribution in [2.75, 3.05) is 0 Å². The third-order valence-corrected chi connectivity index (χ3v) is 4.62. The molecule has 2 atom stereocenters. The molecule has 0 aromatic heterocycles. The zero-order valence-electron chi connectivity index (χ0n) is 17.2. The number of ether oxygens (including phenoxy) is 2. The third-order valence-electron chi connectivity index (χ3n) is 4.62. The van der Waals surface area contributed by atoms with Crippen LogP contribution in [-0.4, -0.2) is 29.1 Å². The van der Waals surface area contributed by atoms with Gasteiger partial charge in [-0.1, -0.05) is 72.8 Å². The largest absolute Gasteiger partial charge is 0.488 e. The molecule has 0 aliphatic heterocycles. The highest BCUT2D eigenvalue weighted by Gasteiger charge is 2.28. The maximum atomic E-state index is 12.9. The number of amides is 1. The van der Waals surface area contributed by atoms with Gasteiger partial charge in [0.1, 0.15) is 19.0 Å². The first-order valence-electron chi connectivity index (χ1n) is 10.00. The Morgan fingerprint density at radius 3 is 2.00 bits per heavy atom. The zero-order chi connectivity index (χ0) is 22.1. The van der Waals surface area contributed by atoms with Gasteiger partial charge in [0, 0.05) is 0 Å². The van der Waals surface area contributed by atoms with Crippen LogP contribution in [0.1, 0.15) is 28.4 Å². The summed E-state index contributed by atoms with van der Waals surface area (Å²) in [6.45, 7) is 1.77. The SMILES string of the molecule is C[C@@H](O)[C@H](NC(=O)c1ccccc1OCc1ccccc1)C(=O)OCc1ccccc1. The maximum Gasteiger partial charge on any atom is 0.331 e. The molecule has 0 aliphatic carbocycles. The molecule has 6 nitrogen and oxygen atoms in total. The fourth-order valence-electron chi connectivity index (χ4n) is 2.93.